The number of benzene rings is 2. The lowest BCUT2D eigenvalue weighted by Crippen LogP contribution is -2.47. The van der Waals surface area contributed by atoms with Gasteiger partial charge in [0.15, 0.2) is 0 Å². The minimum absolute atomic E-state index is 0.253. The molecule has 146 valence electrons. The molecule has 0 fully saturated rings. The molecule has 3 rings (SSSR count). The smallest absolute Gasteiger partial charge is 0.243 e. The van der Waals surface area contributed by atoms with Gasteiger partial charge in [-0.1, -0.05) is 17.7 Å². The van der Waals surface area contributed by atoms with Crippen molar-refractivity contribution in [2.24, 2.45) is 0 Å². The van der Waals surface area contributed by atoms with Crippen molar-refractivity contribution in [1.29, 1.82) is 0 Å². The number of sulfonamides is 1. The Morgan fingerprint density at radius 1 is 1.19 bits per heavy atom. The van der Waals surface area contributed by atoms with Gasteiger partial charge in [-0.15, -0.1) is 0 Å². The molecule has 0 N–H and O–H groups in total. The molecular formula is C20H26N2O4S. The van der Waals surface area contributed by atoms with Crippen LogP contribution >= 0.6 is 0 Å². The fourth-order valence-electron chi connectivity index (χ4n) is 3.27. The highest BCUT2D eigenvalue weighted by molar-refractivity contribution is 7.89. The van der Waals surface area contributed by atoms with Crippen molar-refractivity contribution in [2.75, 3.05) is 34.4 Å². The third-order valence-electron chi connectivity index (χ3n) is 4.62. The van der Waals surface area contributed by atoms with Crippen molar-refractivity contribution in [3.05, 3.63) is 53.6 Å². The summed E-state index contributed by atoms with van der Waals surface area (Å²) in [6.45, 7) is 3.15. The summed E-state index contributed by atoms with van der Waals surface area (Å²) in [7, 11) is 1.73. The summed E-state index contributed by atoms with van der Waals surface area (Å²) in [6.07, 6.45) is 0. The van der Waals surface area contributed by atoms with E-state index in [2.05, 4.69) is 0 Å². The monoisotopic (exact) mass is 390 g/mol. The highest BCUT2D eigenvalue weighted by atomic mass is 32.2. The second-order valence-electron chi connectivity index (χ2n) is 7.06. The highest BCUT2D eigenvalue weighted by Gasteiger charge is 2.35. The predicted octanol–water partition coefficient (Wildman–Crippen LogP) is 2.52. The number of hydrogen-bond acceptors (Lipinski definition) is 5. The molecule has 0 spiro atoms. The van der Waals surface area contributed by atoms with Crippen molar-refractivity contribution >= 4 is 10.0 Å². The Bertz CT molecular complexity index is 895. The number of nitrogens with zero attached hydrogens (tertiary/aromatic N) is 2. The molecule has 27 heavy (non-hydrogen) atoms. The molecule has 0 aromatic heterocycles. The first kappa shape index (κ1) is 19.7. The average Bonchev–Trinajstić information content (AvgIpc) is 2.81. The van der Waals surface area contributed by atoms with Crippen molar-refractivity contribution in [3.8, 4) is 11.5 Å². The molecule has 0 saturated carbocycles. The Morgan fingerprint density at radius 2 is 1.89 bits per heavy atom. The van der Waals surface area contributed by atoms with E-state index < -0.39 is 10.0 Å². The molecule has 0 aliphatic carbocycles. The molecule has 0 radical (unpaired) electrons. The van der Waals surface area contributed by atoms with Crippen molar-refractivity contribution in [3.63, 3.8) is 0 Å². The fourth-order valence-corrected chi connectivity index (χ4v) is 4.85. The standard InChI is InChI=1S/C20H26N2O4S/c1-15-5-10-20-16(11-15)12-22(17(14-26-20)13-21(2)3)27(23,24)19-8-6-18(25-4)7-9-19/h5-11,17H,12-14H2,1-4H3. The molecule has 1 aliphatic rings. The van der Waals surface area contributed by atoms with E-state index in [1.807, 2.05) is 44.1 Å². The van der Waals surface area contributed by atoms with Gasteiger partial charge in [0.25, 0.3) is 0 Å². The third kappa shape index (κ3) is 4.26. The fraction of sp³-hybridized carbons (Fsp3) is 0.400. The second kappa shape index (κ2) is 7.88. The zero-order chi connectivity index (χ0) is 19.6. The number of methoxy groups -OCH3 is 1. The molecule has 1 unspecified atom stereocenters. The maximum absolute atomic E-state index is 13.4. The van der Waals surface area contributed by atoms with Crippen LogP contribution < -0.4 is 9.47 Å². The first-order valence-electron chi connectivity index (χ1n) is 8.84. The van der Waals surface area contributed by atoms with Crippen LogP contribution in [0, 0.1) is 6.92 Å². The van der Waals surface area contributed by atoms with E-state index in [0.717, 1.165) is 16.9 Å². The van der Waals surface area contributed by atoms with Gasteiger partial charge in [-0.05, 0) is 51.4 Å². The summed E-state index contributed by atoms with van der Waals surface area (Å²) >= 11 is 0. The summed E-state index contributed by atoms with van der Waals surface area (Å²) in [5.74, 6) is 1.37. The van der Waals surface area contributed by atoms with E-state index in [0.29, 0.717) is 18.9 Å². The van der Waals surface area contributed by atoms with Crippen molar-refractivity contribution in [2.45, 2.75) is 24.4 Å². The Kier molecular flexibility index (Phi) is 5.74. The molecule has 2 aromatic rings. The molecule has 6 nitrogen and oxygen atoms in total. The molecule has 0 amide bonds. The van der Waals surface area contributed by atoms with E-state index in [9.17, 15) is 8.42 Å². The normalized spacial score (nSPS) is 17.9. The van der Waals surface area contributed by atoms with Crippen LogP contribution in [0.4, 0.5) is 0 Å². The summed E-state index contributed by atoms with van der Waals surface area (Å²) in [6, 6.07) is 12.1. The first-order valence-corrected chi connectivity index (χ1v) is 10.3. The summed E-state index contributed by atoms with van der Waals surface area (Å²) in [5, 5.41) is 0. The van der Waals surface area contributed by atoms with Crippen LogP contribution in [-0.2, 0) is 16.6 Å². The Morgan fingerprint density at radius 3 is 2.52 bits per heavy atom. The quantitative estimate of drug-likeness (QED) is 0.785. The number of likely N-dealkylation sites (N-methyl/N-ethyl adjacent to an activating group) is 1. The largest absolute Gasteiger partial charge is 0.497 e. The topological polar surface area (TPSA) is 59.1 Å². The van der Waals surface area contributed by atoms with Gasteiger partial charge >= 0.3 is 0 Å². The van der Waals surface area contributed by atoms with E-state index in [1.54, 1.807) is 35.7 Å². The van der Waals surface area contributed by atoms with Crippen molar-refractivity contribution in [1.82, 2.24) is 9.21 Å². The number of ether oxygens (including phenoxy) is 2. The number of fused-ring (bicyclic) bond motifs is 1. The van der Waals surface area contributed by atoms with Gasteiger partial charge in [-0.2, -0.15) is 4.31 Å². The molecule has 7 heteroatoms. The zero-order valence-electron chi connectivity index (χ0n) is 16.2. The van der Waals surface area contributed by atoms with Crippen LogP contribution in [0.2, 0.25) is 0 Å². The molecular weight excluding hydrogens is 364 g/mol. The number of rotatable bonds is 5. The van der Waals surface area contributed by atoms with Gasteiger partial charge in [0.2, 0.25) is 10.0 Å². The third-order valence-corrected chi connectivity index (χ3v) is 6.54. The molecule has 0 saturated heterocycles. The summed E-state index contributed by atoms with van der Waals surface area (Å²) < 4.78 is 39.5. The Balaban J connectivity index is 2.02. The summed E-state index contributed by atoms with van der Waals surface area (Å²) in [5.41, 5.74) is 1.96. The van der Waals surface area contributed by atoms with Crippen molar-refractivity contribution < 1.29 is 17.9 Å². The minimum Gasteiger partial charge on any atom is -0.497 e. The average molecular weight is 391 g/mol. The SMILES string of the molecule is COc1ccc(S(=O)(=O)N2Cc3cc(C)ccc3OCC2CN(C)C)cc1. The lowest BCUT2D eigenvalue weighted by atomic mass is 10.1. The van der Waals surface area contributed by atoms with Gasteiger partial charge < -0.3 is 14.4 Å². The number of hydrogen-bond donors (Lipinski definition) is 0. The zero-order valence-corrected chi connectivity index (χ0v) is 17.0. The van der Waals surface area contributed by atoms with Gasteiger partial charge in [0.05, 0.1) is 18.0 Å². The van der Waals surface area contributed by atoms with E-state index >= 15 is 0 Å². The second-order valence-corrected chi connectivity index (χ2v) is 8.95. The van der Waals surface area contributed by atoms with Gasteiger partial charge in [0.1, 0.15) is 18.1 Å². The predicted molar refractivity (Wildman–Crippen MR) is 105 cm³/mol. The van der Waals surface area contributed by atoms with Crippen LogP contribution in [0.3, 0.4) is 0 Å². The molecule has 1 atom stereocenters. The molecule has 0 bridgehead atoms. The first-order chi connectivity index (χ1) is 12.8. The van der Waals surface area contributed by atoms with Crippen LogP contribution in [-0.4, -0.2) is 58.0 Å². The van der Waals surface area contributed by atoms with Crippen LogP contribution in [0.5, 0.6) is 11.5 Å². The Hall–Kier alpha value is -2.09. The van der Waals surface area contributed by atoms with Crippen LogP contribution in [0.25, 0.3) is 0 Å². The maximum atomic E-state index is 13.4. The maximum Gasteiger partial charge on any atom is 0.243 e. The van der Waals surface area contributed by atoms with E-state index in [-0.39, 0.29) is 17.5 Å². The highest BCUT2D eigenvalue weighted by Crippen LogP contribution is 2.30. The lowest BCUT2D eigenvalue weighted by molar-refractivity contribution is 0.184. The van der Waals surface area contributed by atoms with E-state index in [4.69, 9.17) is 9.47 Å². The molecule has 2 aromatic carbocycles. The van der Waals surface area contributed by atoms with Gasteiger partial charge in [0, 0.05) is 18.7 Å². The van der Waals surface area contributed by atoms with E-state index in [1.165, 1.54) is 0 Å². The van der Waals surface area contributed by atoms with Crippen LogP contribution in [0.15, 0.2) is 47.4 Å². The number of aryl methyl sites for hydroxylation is 1. The molecule has 1 aliphatic heterocycles. The van der Waals surface area contributed by atoms with Crippen LogP contribution in [0.1, 0.15) is 11.1 Å². The van der Waals surface area contributed by atoms with Gasteiger partial charge in [-0.25, -0.2) is 8.42 Å². The lowest BCUT2D eigenvalue weighted by Gasteiger charge is -2.30. The van der Waals surface area contributed by atoms with Gasteiger partial charge in [-0.3, -0.25) is 0 Å². The summed E-state index contributed by atoms with van der Waals surface area (Å²) in [4.78, 5) is 2.23. The molecule has 1 heterocycles. The minimum atomic E-state index is -3.69. The Labute approximate surface area is 161 Å².